The lowest BCUT2D eigenvalue weighted by Crippen LogP contribution is -2.49. The molecule has 0 spiro atoms. The molecule has 0 aromatic carbocycles. The van der Waals surface area contributed by atoms with Crippen LogP contribution in [-0.2, 0) is 4.79 Å². The molecule has 0 aliphatic carbocycles. The van der Waals surface area contributed by atoms with Crippen molar-refractivity contribution in [1.82, 2.24) is 4.90 Å². The summed E-state index contributed by atoms with van der Waals surface area (Å²) in [4.78, 5) is 11.9. The van der Waals surface area contributed by atoms with Crippen molar-refractivity contribution in [3.05, 3.63) is 12.2 Å². The van der Waals surface area contributed by atoms with Crippen LogP contribution in [0.15, 0.2) is 12.2 Å². The highest BCUT2D eigenvalue weighted by atomic mass is 19.4. The second-order valence-corrected chi connectivity index (χ2v) is 3.15. The first-order chi connectivity index (χ1) is 6.96. The third kappa shape index (κ3) is 2.72. The Morgan fingerprint density at radius 2 is 2.20 bits per heavy atom. The van der Waals surface area contributed by atoms with Crippen LogP contribution in [0.5, 0.6) is 0 Å². The molecule has 1 heterocycles. The van der Waals surface area contributed by atoms with Gasteiger partial charge in [0, 0.05) is 6.54 Å². The van der Waals surface area contributed by atoms with E-state index >= 15 is 0 Å². The summed E-state index contributed by atoms with van der Waals surface area (Å²) in [6, 6.07) is -0.234. The Labute approximate surface area is 84.8 Å². The van der Waals surface area contributed by atoms with Crippen LogP contribution in [0.2, 0.25) is 0 Å². The van der Waals surface area contributed by atoms with Crippen LogP contribution in [0.3, 0.4) is 0 Å². The van der Waals surface area contributed by atoms with Gasteiger partial charge in [0.2, 0.25) is 5.91 Å². The summed E-state index contributed by atoms with van der Waals surface area (Å²) in [5.74, 6) is -0.774. The van der Waals surface area contributed by atoms with Crippen molar-refractivity contribution in [2.45, 2.75) is 25.1 Å². The Kier molecular flexibility index (Phi) is 3.35. The molecular formula is C9H9F3N2O. The molecule has 0 aromatic heterocycles. The van der Waals surface area contributed by atoms with Gasteiger partial charge in [-0.05, 0) is 6.42 Å². The van der Waals surface area contributed by atoms with Gasteiger partial charge in [-0.2, -0.15) is 18.4 Å². The van der Waals surface area contributed by atoms with Gasteiger partial charge in [0.1, 0.15) is 12.5 Å². The van der Waals surface area contributed by atoms with E-state index in [1.54, 1.807) is 6.07 Å². The van der Waals surface area contributed by atoms with Crippen molar-refractivity contribution < 1.29 is 18.0 Å². The van der Waals surface area contributed by atoms with E-state index in [-0.39, 0.29) is 13.0 Å². The molecule has 0 radical (unpaired) electrons. The van der Waals surface area contributed by atoms with E-state index in [0.29, 0.717) is 4.90 Å². The van der Waals surface area contributed by atoms with Crippen LogP contribution < -0.4 is 0 Å². The summed E-state index contributed by atoms with van der Waals surface area (Å²) in [7, 11) is 0. The summed E-state index contributed by atoms with van der Waals surface area (Å²) >= 11 is 0. The molecule has 1 aliphatic rings. The second-order valence-electron chi connectivity index (χ2n) is 3.15. The molecule has 0 saturated carbocycles. The maximum Gasteiger partial charge on any atom is 0.409 e. The van der Waals surface area contributed by atoms with Gasteiger partial charge in [0.05, 0.1) is 6.07 Å². The highest BCUT2D eigenvalue weighted by molar-refractivity contribution is 5.79. The summed E-state index contributed by atoms with van der Waals surface area (Å²) in [5.41, 5.74) is 0. The Morgan fingerprint density at radius 1 is 1.53 bits per heavy atom. The predicted molar refractivity (Wildman–Crippen MR) is 45.5 cm³/mol. The molecule has 0 bridgehead atoms. The third-order valence-corrected chi connectivity index (χ3v) is 2.13. The third-order valence-electron chi connectivity index (χ3n) is 2.13. The summed E-state index contributed by atoms with van der Waals surface area (Å²) in [6.07, 6.45) is -2.29. The first-order valence-corrected chi connectivity index (χ1v) is 4.35. The molecule has 15 heavy (non-hydrogen) atoms. The number of amides is 1. The number of carbonyl (C=O) groups excluding carboxylic acids is 1. The molecule has 1 atom stereocenters. The number of alkyl halides is 3. The van der Waals surface area contributed by atoms with Crippen molar-refractivity contribution in [2.24, 2.45) is 0 Å². The van der Waals surface area contributed by atoms with E-state index in [0.717, 1.165) is 0 Å². The lowest BCUT2D eigenvalue weighted by Gasteiger charge is -2.33. The lowest BCUT2D eigenvalue weighted by atomic mass is 10.1. The van der Waals surface area contributed by atoms with Crippen LogP contribution in [0.4, 0.5) is 13.2 Å². The molecule has 0 saturated heterocycles. The van der Waals surface area contributed by atoms with E-state index < -0.39 is 24.5 Å². The number of nitriles is 1. The summed E-state index contributed by atoms with van der Waals surface area (Å²) < 4.78 is 37.4. The van der Waals surface area contributed by atoms with E-state index in [2.05, 4.69) is 0 Å². The summed E-state index contributed by atoms with van der Waals surface area (Å²) in [6.45, 7) is -0.0787. The van der Waals surface area contributed by atoms with Crippen molar-refractivity contribution in [1.29, 1.82) is 5.26 Å². The standard InChI is InChI=1S/C9H9F3N2O/c10-9(11,12)7-3-1-2-6-14(7)8(15)4-5-13/h1-2,7H,3-4,6H2. The van der Waals surface area contributed by atoms with Crippen LogP contribution in [-0.4, -0.2) is 29.6 Å². The molecule has 1 rings (SSSR count). The highest BCUT2D eigenvalue weighted by Gasteiger charge is 2.45. The van der Waals surface area contributed by atoms with E-state index in [1.807, 2.05) is 0 Å². The number of halogens is 3. The van der Waals surface area contributed by atoms with Crippen molar-refractivity contribution >= 4 is 5.91 Å². The van der Waals surface area contributed by atoms with E-state index in [4.69, 9.17) is 5.26 Å². The maximum absolute atomic E-state index is 12.5. The topological polar surface area (TPSA) is 44.1 Å². The SMILES string of the molecule is N#CCC(=O)N1CC=CCC1C(F)(F)F. The van der Waals surface area contributed by atoms with Crippen LogP contribution in [0.25, 0.3) is 0 Å². The number of carbonyl (C=O) groups is 1. The number of hydrogen-bond acceptors (Lipinski definition) is 2. The number of hydrogen-bond donors (Lipinski definition) is 0. The van der Waals surface area contributed by atoms with Gasteiger partial charge >= 0.3 is 6.18 Å². The molecule has 6 heteroatoms. The van der Waals surface area contributed by atoms with Crippen LogP contribution in [0, 0.1) is 11.3 Å². The Hall–Kier alpha value is -1.51. The number of rotatable bonds is 1. The molecule has 0 fully saturated rings. The van der Waals surface area contributed by atoms with Gasteiger partial charge in [-0.3, -0.25) is 4.79 Å². The quantitative estimate of drug-likeness (QED) is 0.628. The molecule has 1 amide bonds. The van der Waals surface area contributed by atoms with E-state index in [1.165, 1.54) is 12.2 Å². The molecule has 0 aromatic rings. The van der Waals surface area contributed by atoms with Crippen molar-refractivity contribution in [2.75, 3.05) is 6.54 Å². The minimum Gasteiger partial charge on any atom is -0.326 e. The molecule has 82 valence electrons. The van der Waals surface area contributed by atoms with Gasteiger partial charge < -0.3 is 4.90 Å². The van der Waals surface area contributed by atoms with E-state index in [9.17, 15) is 18.0 Å². The zero-order valence-electron chi connectivity index (χ0n) is 7.79. The minimum atomic E-state index is -4.43. The van der Waals surface area contributed by atoms with Crippen molar-refractivity contribution in [3.8, 4) is 6.07 Å². The monoisotopic (exact) mass is 218 g/mol. The summed E-state index contributed by atoms with van der Waals surface area (Å²) in [5, 5.41) is 8.26. The van der Waals surface area contributed by atoms with Gasteiger partial charge in [-0.25, -0.2) is 0 Å². The molecular weight excluding hydrogens is 209 g/mol. The normalized spacial score (nSPS) is 21.2. The fraction of sp³-hybridized carbons (Fsp3) is 0.556. The predicted octanol–water partition coefficient (Wildman–Crippen LogP) is 1.62. The van der Waals surface area contributed by atoms with Gasteiger partial charge in [0.25, 0.3) is 0 Å². The zero-order valence-corrected chi connectivity index (χ0v) is 7.79. The van der Waals surface area contributed by atoms with Crippen molar-refractivity contribution in [3.63, 3.8) is 0 Å². The largest absolute Gasteiger partial charge is 0.409 e. The Morgan fingerprint density at radius 3 is 2.73 bits per heavy atom. The van der Waals surface area contributed by atoms with Gasteiger partial charge in [-0.1, -0.05) is 12.2 Å². The molecule has 0 N–H and O–H groups in total. The Balaban J connectivity index is 2.81. The fourth-order valence-electron chi connectivity index (χ4n) is 1.42. The molecule has 1 aliphatic heterocycles. The average Bonchev–Trinajstić information content (AvgIpc) is 2.17. The van der Waals surface area contributed by atoms with Crippen LogP contribution >= 0.6 is 0 Å². The lowest BCUT2D eigenvalue weighted by molar-refractivity contribution is -0.188. The van der Waals surface area contributed by atoms with Crippen LogP contribution in [0.1, 0.15) is 12.8 Å². The maximum atomic E-state index is 12.5. The average molecular weight is 218 g/mol. The smallest absolute Gasteiger partial charge is 0.326 e. The highest BCUT2D eigenvalue weighted by Crippen LogP contribution is 2.29. The zero-order chi connectivity index (χ0) is 11.5. The van der Waals surface area contributed by atoms with Gasteiger partial charge in [-0.15, -0.1) is 0 Å². The molecule has 1 unspecified atom stereocenters. The first-order valence-electron chi connectivity index (χ1n) is 4.35. The van der Waals surface area contributed by atoms with Gasteiger partial charge in [0.15, 0.2) is 0 Å². The minimum absolute atomic E-state index is 0.0787. The number of nitrogens with zero attached hydrogens (tertiary/aromatic N) is 2. The Bertz CT molecular complexity index is 316. The fourth-order valence-corrected chi connectivity index (χ4v) is 1.42. The second kappa shape index (κ2) is 4.34. The first kappa shape index (κ1) is 11.6. The molecule has 3 nitrogen and oxygen atoms in total.